The van der Waals surface area contributed by atoms with Crippen molar-refractivity contribution in [1.82, 2.24) is 10.2 Å². The monoisotopic (exact) mass is 296 g/mol. The van der Waals surface area contributed by atoms with Crippen LogP contribution in [0.5, 0.6) is 0 Å². The van der Waals surface area contributed by atoms with Crippen LogP contribution in [0, 0.1) is 0 Å². The third-order valence-electron chi connectivity index (χ3n) is 5.34. The lowest BCUT2D eigenvalue weighted by molar-refractivity contribution is -0.149. The van der Waals surface area contributed by atoms with E-state index in [2.05, 4.69) is 24.1 Å². The summed E-state index contributed by atoms with van der Waals surface area (Å²) in [6.07, 6.45) is 5.84. The fourth-order valence-corrected chi connectivity index (χ4v) is 4.06. The van der Waals surface area contributed by atoms with Gasteiger partial charge in [0.2, 0.25) is 0 Å². The van der Waals surface area contributed by atoms with Crippen LogP contribution in [0.4, 0.5) is 0 Å². The van der Waals surface area contributed by atoms with E-state index in [1.165, 1.54) is 0 Å². The molecular weight excluding hydrogens is 268 g/mol. The van der Waals surface area contributed by atoms with E-state index in [-0.39, 0.29) is 5.54 Å². The highest BCUT2D eigenvalue weighted by Gasteiger charge is 2.48. The highest BCUT2D eigenvalue weighted by atomic mass is 16.5. The molecular formula is C16H28N2O3. The Morgan fingerprint density at radius 1 is 1.33 bits per heavy atom. The van der Waals surface area contributed by atoms with Gasteiger partial charge in [-0.2, -0.15) is 0 Å². The second-order valence-corrected chi connectivity index (χ2v) is 7.61. The van der Waals surface area contributed by atoms with Gasteiger partial charge in [0.1, 0.15) is 5.54 Å². The van der Waals surface area contributed by atoms with Crippen LogP contribution in [0.1, 0.15) is 52.4 Å². The summed E-state index contributed by atoms with van der Waals surface area (Å²) in [5.74, 6) is -0.662. The number of ether oxygens (including phenoxy) is 1. The fraction of sp³-hybridized carbons (Fsp3) is 0.938. The van der Waals surface area contributed by atoms with E-state index in [1.54, 1.807) is 0 Å². The summed E-state index contributed by atoms with van der Waals surface area (Å²) in [5, 5.41) is 13.3. The SMILES string of the molecule is CC1(C)COCCN1C1CCCC(NC2CC2)(C(=O)O)C1. The Morgan fingerprint density at radius 3 is 2.71 bits per heavy atom. The van der Waals surface area contributed by atoms with Gasteiger partial charge >= 0.3 is 5.97 Å². The van der Waals surface area contributed by atoms with Gasteiger partial charge in [-0.3, -0.25) is 15.0 Å². The maximum Gasteiger partial charge on any atom is 0.323 e. The summed E-state index contributed by atoms with van der Waals surface area (Å²) >= 11 is 0. The molecule has 0 aromatic heterocycles. The van der Waals surface area contributed by atoms with Crippen LogP contribution in [0.25, 0.3) is 0 Å². The van der Waals surface area contributed by atoms with Crippen molar-refractivity contribution in [2.45, 2.75) is 75.5 Å². The molecule has 21 heavy (non-hydrogen) atoms. The predicted molar refractivity (Wildman–Crippen MR) is 80.4 cm³/mol. The summed E-state index contributed by atoms with van der Waals surface area (Å²) < 4.78 is 5.61. The molecule has 1 heterocycles. The first-order valence-electron chi connectivity index (χ1n) is 8.29. The van der Waals surface area contributed by atoms with E-state index < -0.39 is 11.5 Å². The summed E-state index contributed by atoms with van der Waals surface area (Å²) in [7, 11) is 0. The second-order valence-electron chi connectivity index (χ2n) is 7.61. The highest BCUT2D eigenvalue weighted by Crippen LogP contribution is 2.37. The minimum absolute atomic E-state index is 0.00405. The molecule has 5 nitrogen and oxygen atoms in total. The van der Waals surface area contributed by atoms with Crippen LogP contribution in [0.3, 0.4) is 0 Å². The lowest BCUT2D eigenvalue weighted by Crippen LogP contribution is -2.63. The number of aliphatic carboxylic acids is 1. The Hall–Kier alpha value is -0.650. The molecule has 2 N–H and O–H groups in total. The maximum absolute atomic E-state index is 11.9. The Balaban J connectivity index is 1.75. The Morgan fingerprint density at radius 2 is 2.10 bits per heavy atom. The van der Waals surface area contributed by atoms with Gasteiger partial charge in [-0.25, -0.2) is 0 Å². The van der Waals surface area contributed by atoms with Crippen LogP contribution in [0.2, 0.25) is 0 Å². The zero-order chi connectivity index (χ0) is 15.1. The number of morpholine rings is 1. The fourth-order valence-electron chi connectivity index (χ4n) is 4.06. The molecule has 2 atom stereocenters. The van der Waals surface area contributed by atoms with Gasteiger partial charge in [-0.05, 0) is 52.4 Å². The van der Waals surface area contributed by atoms with Crippen LogP contribution in [0.15, 0.2) is 0 Å². The summed E-state index contributed by atoms with van der Waals surface area (Å²) in [6, 6.07) is 0.776. The first-order valence-corrected chi connectivity index (χ1v) is 8.29. The van der Waals surface area contributed by atoms with Crippen LogP contribution in [-0.2, 0) is 9.53 Å². The first-order chi connectivity index (χ1) is 9.93. The smallest absolute Gasteiger partial charge is 0.323 e. The zero-order valence-corrected chi connectivity index (χ0v) is 13.2. The van der Waals surface area contributed by atoms with E-state index >= 15 is 0 Å². The molecule has 2 unspecified atom stereocenters. The highest BCUT2D eigenvalue weighted by molar-refractivity contribution is 5.79. The van der Waals surface area contributed by atoms with Crippen LogP contribution >= 0.6 is 0 Å². The molecule has 1 aliphatic heterocycles. The van der Waals surface area contributed by atoms with E-state index in [0.717, 1.165) is 58.3 Å². The van der Waals surface area contributed by atoms with Gasteiger partial charge in [0.25, 0.3) is 0 Å². The second kappa shape index (κ2) is 5.52. The molecule has 0 aromatic rings. The van der Waals surface area contributed by atoms with Crippen molar-refractivity contribution >= 4 is 5.97 Å². The molecule has 5 heteroatoms. The number of hydrogen-bond acceptors (Lipinski definition) is 4. The van der Waals surface area contributed by atoms with Crippen molar-refractivity contribution in [3.05, 3.63) is 0 Å². The van der Waals surface area contributed by atoms with Crippen molar-refractivity contribution in [3.63, 3.8) is 0 Å². The maximum atomic E-state index is 11.9. The molecule has 0 spiro atoms. The van der Waals surface area contributed by atoms with E-state index in [0.29, 0.717) is 12.1 Å². The summed E-state index contributed by atoms with van der Waals surface area (Å²) in [4.78, 5) is 14.4. The minimum Gasteiger partial charge on any atom is -0.480 e. The molecule has 0 aromatic carbocycles. The summed E-state index contributed by atoms with van der Waals surface area (Å²) in [6.45, 7) is 6.82. The molecule has 0 bridgehead atoms. The Bertz CT molecular complexity index is 408. The number of hydrogen-bond donors (Lipinski definition) is 2. The third-order valence-corrected chi connectivity index (χ3v) is 5.34. The standard InChI is InChI=1S/C16H28N2O3/c1-15(2)11-21-9-8-18(15)13-4-3-7-16(10-13,14(19)20)17-12-5-6-12/h12-13,17H,3-11H2,1-2H3,(H,19,20). The molecule has 1 saturated heterocycles. The quantitative estimate of drug-likeness (QED) is 0.825. The topological polar surface area (TPSA) is 61.8 Å². The largest absolute Gasteiger partial charge is 0.480 e. The molecule has 0 radical (unpaired) electrons. The lowest BCUT2D eigenvalue weighted by Gasteiger charge is -2.50. The van der Waals surface area contributed by atoms with Gasteiger partial charge < -0.3 is 9.84 Å². The van der Waals surface area contributed by atoms with Crippen LogP contribution < -0.4 is 5.32 Å². The number of carboxylic acid groups (broad SMARTS) is 1. The number of carbonyl (C=O) groups is 1. The van der Waals surface area contributed by atoms with Gasteiger partial charge in [-0.15, -0.1) is 0 Å². The molecule has 120 valence electrons. The van der Waals surface area contributed by atoms with E-state index in [9.17, 15) is 9.90 Å². The molecule has 3 aliphatic rings. The number of carboxylic acids is 1. The van der Waals surface area contributed by atoms with Crippen LogP contribution in [-0.4, -0.2) is 58.9 Å². The van der Waals surface area contributed by atoms with E-state index in [1.807, 2.05) is 0 Å². The van der Waals surface area contributed by atoms with Gasteiger partial charge in [0.05, 0.1) is 13.2 Å². The molecule has 3 fully saturated rings. The number of nitrogens with one attached hydrogen (secondary N) is 1. The molecule has 0 amide bonds. The predicted octanol–water partition coefficient (Wildman–Crippen LogP) is 1.62. The minimum atomic E-state index is -0.710. The average Bonchev–Trinajstić information content (AvgIpc) is 3.22. The third kappa shape index (κ3) is 3.10. The average molecular weight is 296 g/mol. The van der Waals surface area contributed by atoms with Crippen molar-refractivity contribution in [2.24, 2.45) is 0 Å². The van der Waals surface area contributed by atoms with Gasteiger partial charge in [-0.1, -0.05) is 0 Å². The van der Waals surface area contributed by atoms with Crippen molar-refractivity contribution < 1.29 is 14.6 Å². The first kappa shape index (κ1) is 15.3. The van der Waals surface area contributed by atoms with Gasteiger partial charge in [0.15, 0.2) is 0 Å². The molecule has 2 saturated carbocycles. The van der Waals surface area contributed by atoms with Crippen molar-refractivity contribution in [2.75, 3.05) is 19.8 Å². The zero-order valence-electron chi connectivity index (χ0n) is 13.2. The number of rotatable bonds is 4. The lowest BCUT2D eigenvalue weighted by atomic mass is 9.77. The van der Waals surface area contributed by atoms with Gasteiger partial charge in [0, 0.05) is 24.2 Å². The van der Waals surface area contributed by atoms with E-state index in [4.69, 9.17) is 4.74 Å². The van der Waals surface area contributed by atoms with Crippen molar-refractivity contribution in [1.29, 1.82) is 0 Å². The Labute approximate surface area is 127 Å². The molecule has 3 rings (SSSR count). The molecule has 2 aliphatic carbocycles. The number of nitrogens with zero attached hydrogens (tertiary/aromatic N) is 1. The Kier molecular flexibility index (Phi) is 4.01. The summed E-state index contributed by atoms with van der Waals surface area (Å²) in [5.41, 5.74) is -0.706. The normalized spacial score (nSPS) is 37.3. The van der Waals surface area contributed by atoms with Crippen molar-refractivity contribution in [3.8, 4) is 0 Å².